The van der Waals surface area contributed by atoms with Gasteiger partial charge < -0.3 is 20.3 Å². The Morgan fingerprint density at radius 1 is 1.05 bits per heavy atom. The van der Waals surface area contributed by atoms with Gasteiger partial charge in [0.15, 0.2) is 12.4 Å². The van der Waals surface area contributed by atoms with Crippen LogP contribution in [-0.2, 0) is 28.7 Å². The number of hydrogen-bond acceptors (Lipinski definition) is 7. The molecule has 204 valence electrons. The van der Waals surface area contributed by atoms with E-state index in [2.05, 4.69) is 12.2 Å². The van der Waals surface area contributed by atoms with E-state index in [1.54, 1.807) is 0 Å². The largest absolute Gasteiger partial charge is 0.480 e. The molecule has 4 aliphatic rings. The smallest absolute Gasteiger partial charge is 0.325 e. The summed E-state index contributed by atoms with van der Waals surface area (Å²) in [4.78, 5) is 60.1. The van der Waals surface area contributed by atoms with Gasteiger partial charge in [0.25, 0.3) is 0 Å². The zero-order chi connectivity index (χ0) is 27.2. The van der Waals surface area contributed by atoms with Gasteiger partial charge in [0.05, 0.1) is 6.42 Å². The number of esters is 1. The average Bonchev–Trinajstić information content (AvgIpc) is 3.13. The third kappa shape index (κ3) is 4.75. The Morgan fingerprint density at radius 2 is 1.76 bits per heavy atom. The molecule has 4 aliphatic carbocycles. The molecule has 0 aliphatic heterocycles. The predicted molar refractivity (Wildman–Crippen MR) is 132 cm³/mol. The minimum absolute atomic E-state index is 0.00690. The minimum Gasteiger partial charge on any atom is -0.480 e. The number of amides is 1. The fourth-order valence-electron chi connectivity index (χ4n) is 7.96. The number of aliphatic hydroxyl groups is 1. The molecule has 4 rings (SSSR count). The van der Waals surface area contributed by atoms with Gasteiger partial charge in [-0.1, -0.05) is 19.4 Å². The van der Waals surface area contributed by atoms with Crippen LogP contribution in [0.15, 0.2) is 11.6 Å². The van der Waals surface area contributed by atoms with Gasteiger partial charge in [-0.2, -0.15) is 0 Å². The van der Waals surface area contributed by atoms with Crippen molar-refractivity contribution in [1.82, 2.24) is 5.32 Å². The number of carbonyl (C=O) groups is 5. The van der Waals surface area contributed by atoms with Gasteiger partial charge in [0, 0.05) is 18.3 Å². The van der Waals surface area contributed by atoms with Crippen LogP contribution in [0, 0.1) is 28.6 Å². The number of hydrogen-bond donors (Lipinski definition) is 3. The standard InChI is InChI=1S/C28H39NO8/c1-16(25(34)35)29-23(32)6-7-24(33)37-15-22(31)28(36)13-10-21-19-5-4-17-14-18(30)8-11-26(17,2)20(19)9-12-27(21,28)3/h14,16,19-21,36H,4-13,15H2,1-3H3,(H,29,32)(H,34,35)/t16-,19+,20-,21-,26-,27-,28+/m0/s1. The number of aliphatic carboxylic acids is 1. The summed E-state index contributed by atoms with van der Waals surface area (Å²) in [7, 11) is 0. The average molecular weight is 518 g/mol. The quantitative estimate of drug-likeness (QED) is 0.417. The van der Waals surface area contributed by atoms with Crippen LogP contribution in [0.2, 0.25) is 0 Å². The maximum Gasteiger partial charge on any atom is 0.325 e. The number of ketones is 2. The Bertz CT molecular complexity index is 1040. The molecule has 0 radical (unpaired) electrons. The summed E-state index contributed by atoms with van der Waals surface area (Å²) in [6.07, 6.45) is 7.29. The first kappa shape index (κ1) is 27.5. The molecule has 0 aromatic heterocycles. The van der Waals surface area contributed by atoms with Gasteiger partial charge in [-0.15, -0.1) is 0 Å². The number of carboxylic acids is 1. The molecule has 0 unspecified atom stereocenters. The normalized spacial score (nSPS) is 37.4. The molecule has 3 fully saturated rings. The lowest BCUT2D eigenvalue weighted by molar-refractivity contribution is -0.170. The molecule has 0 aromatic rings. The van der Waals surface area contributed by atoms with Crippen molar-refractivity contribution >= 4 is 29.4 Å². The lowest BCUT2D eigenvalue weighted by atomic mass is 9.46. The second-order valence-corrected chi connectivity index (χ2v) is 12.0. The first-order valence-corrected chi connectivity index (χ1v) is 13.5. The lowest BCUT2D eigenvalue weighted by Gasteiger charge is -2.58. The molecule has 37 heavy (non-hydrogen) atoms. The van der Waals surface area contributed by atoms with Crippen molar-refractivity contribution < 1.29 is 38.9 Å². The van der Waals surface area contributed by atoms with Crippen molar-refractivity contribution in [1.29, 1.82) is 0 Å². The van der Waals surface area contributed by atoms with E-state index < -0.39 is 47.3 Å². The molecular formula is C28H39NO8. The number of allylic oxidation sites excluding steroid dienone is 1. The fourth-order valence-corrected chi connectivity index (χ4v) is 7.96. The molecule has 0 aromatic carbocycles. The highest BCUT2D eigenvalue weighted by Crippen LogP contribution is 2.67. The van der Waals surface area contributed by atoms with Gasteiger partial charge in [-0.25, -0.2) is 0 Å². The second kappa shape index (κ2) is 9.97. The number of carbonyl (C=O) groups excluding carboxylic acids is 4. The SMILES string of the molecule is C[C@H](NC(=O)CCC(=O)OCC(=O)[C@]1(O)CC[C@H]2[C@@H]3CCC4=CC(=O)CC[C@]4(C)[C@H]3CC[C@@]21C)C(=O)O. The molecule has 3 N–H and O–H groups in total. The molecule has 7 atom stereocenters. The molecule has 9 nitrogen and oxygen atoms in total. The van der Waals surface area contributed by atoms with Gasteiger partial charge in [-0.3, -0.25) is 24.0 Å². The van der Waals surface area contributed by atoms with Gasteiger partial charge >= 0.3 is 11.9 Å². The van der Waals surface area contributed by atoms with E-state index in [0.717, 1.165) is 32.1 Å². The molecule has 0 spiro atoms. The van der Waals surface area contributed by atoms with Crippen LogP contribution in [0.3, 0.4) is 0 Å². The van der Waals surface area contributed by atoms with Crippen LogP contribution in [0.25, 0.3) is 0 Å². The second-order valence-electron chi connectivity index (χ2n) is 12.0. The summed E-state index contributed by atoms with van der Waals surface area (Å²) in [5, 5.41) is 22.8. The van der Waals surface area contributed by atoms with Crippen LogP contribution >= 0.6 is 0 Å². The molecule has 0 saturated heterocycles. The molecule has 9 heteroatoms. The third-order valence-corrected chi connectivity index (χ3v) is 10.2. The Hall–Kier alpha value is -2.55. The minimum atomic E-state index is -1.57. The van der Waals surface area contributed by atoms with Crippen LogP contribution < -0.4 is 5.32 Å². The number of rotatable bonds is 8. The van der Waals surface area contributed by atoms with E-state index in [-0.39, 0.29) is 30.0 Å². The van der Waals surface area contributed by atoms with Crippen molar-refractivity contribution in [2.75, 3.05) is 6.61 Å². The van der Waals surface area contributed by atoms with E-state index in [4.69, 9.17) is 9.84 Å². The Labute approximate surface area is 217 Å². The first-order valence-electron chi connectivity index (χ1n) is 13.5. The summed E-state index contributed by atoms with van der Waals surface area (Å²) in [5.74, 6) is -1.80. The van der Waals surface area contributed by atoms with Crippen molar-refractivity contribution in [3.63, 3.8) is 0 Å². The molecular weight excluding hydrogens is 478 g/mol. The maximum atomic E-state index is 13.3. The number of ether oxygens (including phenoxy) is 1. The third-order valence-electron chi connectivity index (χ3n) is 10.2. The number of nitrogens with one attached hydrogen (secondary N) is 1. The van der Waals surface area contributed by atoms with Crippen molar-refractivity contribution in [3.05, 3.63) is 11.6 Å². The van der Waals surface area contributed by atoms with E-state index in [0.29, 0.717) is 31.1 Å². The highest BCUT2D eigenvalue weighted by molar-refractivity contribution is 5.92. The summed E-state index contributed by atoms with van der Waals surface area (Å²) in [6, 6.07) is -1.07. The lowest BCUT2D eigenvalue weighted by Crippen LogP contribution is -2.58. The van der Waals surface area contributed by atoms with Crippen LogP contribution in [-0.4, -0.2) is 57.9 Å². The highest BCUT2D eigenvalue weighted by atomic mass is 16.5. The Morgan fingerprint density at radius 3 is 2.46 bits per heavy atom. The Balaban J connectivity index is 1.36. The molecule has 0 heterocycles. The maximum absolute atomic E-state index is 13.3. The van der Waals surface area contributed by atoms with E-state index >= 15 is 0 Å². The fraction of sp³-hybridized carbons (Fsp3) is 0.750. The van der Waals surface area contributed by atoms with Crippen LogP contribution in [0.1, 0.15) is 85.0 Å². The zero-order valence-corrected chi connectivity index (χ0v) is 22.0. The monoisotopic (exact) mass is 517 g/mol. The van der Waals surface area contributed by atoms with Gasteiger partial charge in [-0.05, 0) is 81.1 Å². The van der Waals surface area contributed by atoms with Gasteiger partial charge in [0.2, 0.25) is 11.7 Å². The number of Topliss-reactive ketones (excluding diaryl/α,β-unsaturated/α-hetero) is 1. The topological polar surface area (TPSA) is 147 Å². The molecule has 1 amide bonds. The molecule has 0 bridgehead atoms. The van der Waals surface area contributed by atoms with Crippen molar-refractivity contribution in [3.8, 4) is 0 Å². The van der Waals surface area contributed by atoms with E-state index in [1.807, 2.05) is 13.0 Å². The Kier molecular flexibility index (Phi) is 7.40. The molecule has 3 saturated carbocycles. The van der Waals surface area contributed by atoms with Crippen molar-refractivity contribution in [2.45, 2.75) is 96.6 Å². The van der Waals surface area contributed by atoms with Crippen molar-refractivity contribution in [2.24, 2.45) is 28.6 Å². The first-order chi connectivity index (χ1) is 17.3. The van der Waals surface area contributed by atoms with Crippen LogP contribution in [0.5, 0.6) is 0 Å². The van der Waals surface area contributed by atoms with E-state index in [9.17, 15) is 29.1 Å². The highest BCUT2D eigenvalue weighted by Gasteiger charge is 2.66. The predicted octanol–water partition coefficient (Wildman–Crippen LogP) is 2.73. The van der Waals surface area contributed by atoms with Gasteiger partial charge in [0.1, 0.15) is 11.6 Å². The zero-order valence-electron chi connectivity index (χ0n) is 22.0. The number of fused-ring (bicyclic) bond motifs is 5. The van der Waals surface area contributed by atoms with Crippen LogP contribution in [0.4, 0.5) is 0 Å². The summed E-state index contributed by atoms with van der Waals surface area (Å²) >= 11 is 0. The number of carboxylic acid groups (broad SMARTS) is 1. The summed E-state index contributed by atoms with van der Waals surface area (Å²) in [6.45, 7) is 5.07. The summed E-state index contributed by atoms with van der Waals surface area (Å²) < 4.78 is 5.13. The summed E-state index contributed by atoms with van der Waals surface area (Å²) in [5.41, 5.74) is -0.896. The van der Waals surface area contributed by atoms with E-state index in [1.165, 1.54) is 12.5 Å².